The third kappa shape index (κ3) is 2.10. The van der Waals surface area contributed by atoms with Crippen molar-refractivity contribution in [2.75, 3.05) is 0 Å². The average Bonchev–Trinajstić information content (AvgIpc) is 2.14. The third-order valence-corrected chi connectivity index (χ3v) is 1.92. The maximum atomic E-state index is 6.89. The highest BCUT2D eigenvalue weighted by Gasteiger charge is 2.10. The van der Waals surface area contributed by atoms with Gasteiger partial charge in [-0.15, -0.1) is 0 Å². The van der Waals surface area contributed by atoms with Crippen molar-refractivity contribution in [3.63, 3.8) is 0 Å². The number of nitrogens with one attached hydrogen (secondary N) is 2. The van der Waals surface area contributed by atoms with E-state index in [-0.39, 0.29) is 0 Å². The summed E-state index contributed by atoms with van der Waals surface area (Å²) in [5.74, 6) is 0. The highest BCUT2D eigenvalue weighted by Crippen LogP contribution is 2.12. The first-order valence-electron chi connectivity index (χ1n) is 4.20. The topological polar surface area (TPSA) is 72.4 Å². The summed E-state index contributed by atoms with van der Waals surface area (Å²) in [7, 11) is 0. The molecule has 1 aliphatic carbocycles. The van der Waals surface area contributed by atoms with Gasteiger partial charge in [0.25, 0.3) is 0 Å². The second-order valence-corrected chi connectivity index (χ2v) is 2.94. The molecule has 0 aromatic heterocycles. The maximum absolute atomic E-state index is 6.89. The normalized spacial score (nSPS) is 21.9. The average molecular weight is 188 g/mol. The van der Waals surface area contributed by atoms with Crippen LogP contribution >= 0.6 is 0 Å². The smallest absolute Gasteiger partial charge is 0.107 e. The molecule has 0 aliphatic heterocycles. The van der Waals surface area contributed by atoms with Gasteiger partial charge in [0.05, 0.1) is 11.4 Å². The lowest BCUT2D eigenvalue weighted by Gasteiger charge is -2.10. The molecule has 0 bridgehead atoms. The minimum Gasteiger partial charge on any atom is -0.290 e. The fourth-order valence-electron chi connectivity index (χ4n) is 1.20. The molecule has 0 fully saturated rings. The molecule has 4 nitrogen and oxygen atoms in total. The van der Waals surface area contributed by atoms with Gasteiger partial charge >= 0.3 is 0 Å². The Labute approximate surface area is 82.8 Å². The second kappa shape index (κ2) is 4.41. The van der Waals surface area contributed by atoms with Gasteiger partial charge in [-0.05, 0) is 37.1 Å². The fraction of sp³-hybridized carbons (Fsp3) is 0.200. The minimum atomic E-state index is 0.779. The first kappa shape index (κ1) is 10.2. The molecule has 0 unspecified atom stereocenters. The Morgan fingerprint density at radius 3 is 1.57 bits per heavy atom. The van der Waals surface area contributed by atoms with Crippen LogP contribution < -0.4 is 0 Å². The fourth-order valence-corrected chi connectivity index (χ4v) is 1.20. The van der Waals surface area contributed by atoms with E-state index in [4.69, 9.17) is 10.8 Å². The third-order valence-electron chi connectivity index (χ3n) is 1.92. The Morgan fingerprint density at radius 1 is 0.929 bits per heavy atom. The lowest BCUT2D eigenvalue weighted by molar-refractivity contribution is 1.44. The molecule has 0 radical (unpaired) electrons. The largest absolute Gasteiger partial charge is 0.290 e. The van der Waals surface area contributed by atoms with Gasteiger partial charge in [0.2, 0.25) is 0 Å². The molecule has 4 heteroatoms. The Kier molecular flexibility index (Phi) is 3.23. The zero-order chi connectivity index (χ0) is 10.6. The highest BCUT2D eigenvalue weighted by atomic mass is 14.8. The van der Waals surface area contributed by atoms with Crippen LogP contribution in [0.25, 0.3) is 0 Å². The summed E-state index contributed by atoms with van der Waals surface area (Å²) in [6.45, 7) is 3.81. The van der Waals surface area contributed by atoms with Crippen molar-refractivity contribution in [3.8, 4) is 0 Å². The first-order valence-corrected chi connectivity index (χ1v) is 4.20. The van der Waals surface area contributed by atoms with Crippen LogP contribution in [0.5, 0.6) is 0 Å². The van der Waals surface area contributed by atoms with Crippen molar-refractivity contribution in [1.82, 2.24) is 0 Å². The Bertz CT molecular complexity index is 345. The van der Waals surface area contributed by atoms with E-state index in [9.17, 15) is 0 Å². The van der Waals surface area contributed by atoms with Crippen LogP contribution in [0.3, 0.4) is 0 Å². The van der Waals surface area contributed by atoms with E-state index in [2.05, 4.69) is 9.98 Å². The van der Waals surface area contributed by atoms with Gasteiger partial charge in [-0.25, -0.2) is 9.98 Å². The zero-order valence-corrected chi connectivity index (χ0v) is 8.20. The zero-order valence-electron chi connectivity index (χ0n) is 8.20. The summed E-state index contributed by atoms with van der Waals surface area (Å²) in [5.41, 5.74) is 3.47. The van der Waals surface area contributed by atoms with Gasteiger partial charge in [-0.3, -0.25) is 10.8 Å². The quantitative estimate of drug-likeness (QED) is 0.378. The number of hydrogen-bond donors (Lipinski definition) is 2. The van der Waals surface area contributed by atoms with Crippen molar-refractivity contribution >= 4 is 24.1 Å². The van der Waals surface area contributed by atoms with Crippen LogP contribution in [0.1, 0.15) is 13.8 Å². The molecule has 0 saturated heterocycles. The van der Waals surface area contributed by atoms with E-state index in [1.807, 2.05) is 26.0 Å². The van der Waals surface area contributed by atoms with E-state index in [0.29, 0.717) is 0 Å². The molecular weight excluding hydrogens is 176 g/mol. The molecule has 0 spiro atoms. The number of hydrogen-bond acceptors (Lipinski definition) is 2. The highest BCUT2D eigenvalue weighted by molar-refractivity contribution is 6.25. The number of aliphatic imine (C=N–C) groups is 2. The number of allylic oxidation sites excluding steroid dienone is 4. The molecule has 14 heavy (non-hydrogen) atoms. The van der Waals surface area contributed by atoms with Gasteiger partial charge in [-0.2, -0.15) is 0 Å². The summed E-state index contributed by atoms with van der Waals surface area (Å²) >= 11 is 0. The molecule has 1 rings (SSSR count). The van der Waals surface area contributed by atoms with Gasteiger partial charge in [0.1, 0.15) is 12.7 Å². The maximum Gasteiger partial charge on any atom is 0.107 e. The lowest BCUT2D eigenvalue weighted by atomic mass is 9.98. The van der Waals surface area contributed by atoms with E-state index in [1.165, 1.54) is 0 Å². The second-order valence-electron chi connectivity index (χ2n) is 2.94. The molecule has 0 heterocycles. The Morgan fingerprint density at radius 2 is 1.29 bits per heavy atom. The predicted octanol–water partition coefficient (Wildman–Crippen LogP) is 1.99. The monoisotopic (exact) mass is 188 g/mol. The van der Waals surface area contributed by atoms with Crippen molar-refractivity contribution < 1.29 is 0 Å². The van der Waals surface area contributed by atoms with E-state index in [1.54, 1.807) is 0 Å². The van der Waals surface area contributed by atoms with Gasteiger partial charge in [-0.1, -0.05) is 0 Å². The summed E-state index contributed by atoms with van der Waals surface area (Å²) in [6, 6.07) is 0. The van der Waals surface area contributed by atoms with Crippen LogP contribution in [0.4, 0.5) is 0 Å². The number of rotatable bonds is 2. The molecule has 0 aromatic rings. The number of nitrogens with zero attached hydrogens (tertiary/aromatic N) is 2. The van der Waals surface area contributed by atoms with Crippen LogP contribution in [-0.2, 0) is 0 Å². The van der Waals surface area contributed by atoms with E-state index >= 15 is 0 Å². The predicted molar refractivity (Wildman–Crippen MR) is 60.0 cm³/mol. The SMILES string of the molecule is CC1=CC(=NC=N)C(C)=CC1=NC=N. The summed E-state index contributed by atoms with van der Waals surface area (Å²) in [4.78, 5) is 7.82. The van der Waals surface area contributed by atoms with Crippen LogP contribution in [0.15, 0.2) is 33.3 Å². The first-order chi connectivity index (χ1) is 6.69. The van der Waals surface area contributed by atoms with Crippen molar-refractivity contribution in [1.29, 1.82) is 10.8 Å². The van der Waals surface area contributed by atoms with Gasteiger partial charge in [0, 0.05) is 0 Å². The van der Waals surface area contributed by atoms with E-state index in [0.717, 1.165) is 35.2 Å². The Balaban J connectivity index is 3.13. The van der Waals surface area contributed by atoms with Crippen molar-refractivity contribution in [2.45, 2.75) is 13.8 Å². The van der Waals surface area contributed by atoms with Crippen molar-refractivity contribution in [2.24, 2.45) is 9.98 Å². The molecule has 72 valence electrons. The lowest BCUT2D eigenvalue weighted by Crippen LogP contribution is -2.10. The minimum absolute atomic E-state index is 0.779. The molecule has 0 saturated carbocycles. The van der Waals surface area contributed by atoms with Crippen molar-refractivity contribution in [3.05, 3.63) is 23.3 Å². The van der Waals surface area contributed by atoms with E-state index < -0.39 is 0 Å². The summed E-state index contributed by atoms with van der Waals surface area (Å²) in [5, 5.41) is 13.8. The molecule has 2 N–H and O–H groups in total. The Hall–Kier alpha value is -1.84. The molecular formula is C10H12N4. The van der Waals surface area contributed by atoms with Gasteiger partial charge < -0.3 is 0 Å². The molecule has 1 aliphatic rings. The standard InChI is InChI=1S/C10H12N4/c1-7-3-10(14-6-12)8(2)4-9(7)13-5-11/h3-6,11-12H,1-2H3. The van der Waals surface area contributed by atoms with Crippen LogP contribution in [0, 0.1) is 10.8 Å². The van der Waals surface area contributed by atoms with Crippen LogP contribution in [-0.4, -0.2) is 24.1 Å². The molecule has 0 atom stereocenters. The van der Waals surface area contributed by atoms with Gasteiger partial charge in [0.15, 0.2) is 0 Å². The van der Waals surface area contributed by atoms with Crippen LogP contribution in [0.2, 0.25) is 0 Å². The molecule has 0 aromatic carbocycles. The summed E-state index contributed by atoms with van der Waals surface area (Å²) < 4.78 is 0. The summed E-state index contributed by atoms with van der Waals surface area (Å²) in [6.07, 6.45) is 5.77. The molecule has 0 amide bonds.